The van der Waals surface area contributed by atoms with E-state index in [2.05, 4.69) is 30.1 Å². The number of imidazole rings is 2. The number of alkyl halides is 3. The Labute approximate surface area is 126 Å². The van der Waals surface area contributed by atoms with Crippen LogP contribution in [0.3, 0.4) is 0 Å². The Kier molecular flexibility index (Phi) is 2.73. The van der Waals surface area contributed by atoms with Gasteiger partial charge in [0.2, 0.25) is 0 Å². The molecule has 0 aromatic carbocycles. The van der Waals surface area contributed by atoms with E-state index in [9.17, 15) is 13.2 Å². The maximum atomic E-state index is 12.7. The van der Waals surface area contributed by atoms with Crippen molar-refractivity contribution in [3.63, 3.8) is 0 Å². The molecular formula is C13H8F3N7. The van der Waals surface area contributed by atoms with Gasteiger partial charge in [0.1, 0.15) is 22.7 Å². The van der Waals surface area contributed by atoms with E-state index in [0.29, 0.717) is 17.0 Å². The van der Waals surface area contributed by atoms with Gasteiger partial charge in [-0.2, -0.15) is 13.2 Å². The van der Waals surface area contributed by atoms with Crippen LogP contribution in [0, 0.1) is 0 Å². The number of aromatic amines is 2. The Morgan fingerprint density at radius 2 is 2.00 bits per heavy atom. The fourth-order valence-electron chi connectivity index (χ4n) is 2.29. The number of fused-ring (bicyclic) bond motifs is 1. The average molecular weight is 319 g/mol. The maximum absolute atomic E-state index is 12.7. The Bertz CT molecular complexity index is 965. The monoisotopic (exact) mass is 319 g/mol. The molecule has 7 nitrogen and oxygen atoms in total. The molecule has 0 aliphatic carbocycles. The molecule has 2 N–H and O–H groups in total. The molecule has 0 amide bonds. The van der Waals surface area contributed by atoms with E-state index in [1.54, 1.807) is 35.0 Å². The van der Waals surface area contributed by atoms with Gasteiger partial charge in [-0.05, 0) is 12.1 Å². The van der Waals surface area contributed by atoms with Gasteiger partial charge in [0.25, 0.3) is 5.82 Å². The van der Waals surface area contributed by atoms with Gasteiger partial charge in [-0.15, -0.1) is 5.10 Å². The van der Waals surface area contributed by atoms with Crippen molar-refractivity contribution >= 4 is 5.65 Å². The molecule has 23 heavy (non-hydrogen) atoms. The van der Waals surface area contributed by atoms with Crippen molar-refractivity contribution in [2.75, 3.05) is 0 Å². The van der Waals surface area contributed by atoms with Crippen molar-refractivity contribution in [1.82, 2.24) is 34.5 Å². The molecule has 0 unspecified atom stereocenters. The second kappa shape index (κ2) is 4.66. The predicted octanol–water partition coefficient (Wildman–Crippen LogP) is 2.53. The summed E-state index contributed by atoms with van der Waals surface area (Å²) >= 11 is 0. The molecule has 4 rings (SSSR count). The number of nitrogens with zero attached hydrogens (tertiary/aromatic N) is 5. The van der Waals surface area contributed by atoms with Crippen molar-refractivity contribution < 1.29 is 13.2 Å². The fourth-order valence-corrected chi connectivity index (χ4v) is 2.29. The van der Waals surface area contributed by atoms with E-state index in [-0.39, 0.29) is 11.5 Å². The smallest absolute Gasteiger partial charge is 0.351 e. The second-order valence-electron chi connectivity index (χ2n) is 4.70. The summed E-state index contributed by atoms with van der Waals surface area (Å²) in [5.74, 6) is -1.31. The summed E-state index contributed by atoms with van der Waals surface area (Å²) in [5, 5.41) is 5.51. The van der Waals surface area contributed by atoms with E-state index in [0.717, 1.165) is 0 Å². The summed E-state index contributed by atoms with van der Waals surface area (Å²) in [5.41, 5.74) is 1.85. The highest BCUT2D eigenvalue weighted by Gasteiger charge is 2.36. The molecule has 4 aromatic heterocycles. The first-order chi connectivity index (χ1) is 11.0. The second-order valence-corrected chi connectivity index (χ2v) is 4.70. The van der Waals surface area contributed by atoms with Crippen LogP contribution in [0.25, 0.3) is 28.6 Å². The van der Waals surface area contributed by atoms with Crippen molar-refractivity contribution in [3.05, 3.63) is 42.7 Å². The van der Waals surface area contributed by atoms with Gasteiger partial charge in [-0.1, -0.05) is 6.07 Å². The number of aromatic nitrogens is 7. The number of rotatable bonds is 2. The van der Waals surface area contributed by atoms with Gasteiger partial charge in [0, 0.05) is 12.4 Å². The first-order valence-electron chi connectivity index (χ1n) is 6.50. The molecule has 0 atom stereocenters. The van der Waals surface area contributed by atoms with Crippen LogP contribution in [0.5, 0.6) is 0 Å². The molecule has 0 saturated carbocycles. The van der Waals surface area contributed by atoms with E-state index in [1.807, 2.05) is 0 Å². The molecule has 4 heterocycles. The summed E-state index contributed by atoms with van der Waals surface area (Å²) < 4.78 is 39.8. The molecule has 0 bridgehead atoms. The number of pyridine rings is 1. The average Bonchev–Trinajstić information content (AvgIpc) is 3.24. The summed E-state index contributed by atoms with van der Waals surface area (Å²) in [6.45, 7) is 0. The summed E-state index contributed by atoms with van der Waals surface area (Å²) in [6, 6.07) is 5.30. The molecule has 0 radical (unpaired) electrons. The highest BCUT2D eigenvalue weighted by atomic mass is 19.4. The lowest BCUT2D eigenvalue weighted by Crippen LogP contribution is -2.07. The zero-order valence-electron chi connectivity index (χ0n) is 11.3. The molecular weight excluding hydrogens is 311 g/mol. The molecule has 0 aliphatic rings. The van der Waals surface area contributed by atoms with Crippen molar-refractivity contribution in [3.8, 4) is 22.9 Å². The van der Waals surface area contributed by atoms with Gasteiger partial charge < -0.3 is 4.98 Å². The van der Waals surface area contributed by atoms with E-state index < -0.39 is 12.0 Å². The molecule has 0 aliphatic heterocycles. The van der Waals surface area contributed by atoms with Crippen LogP contribution in [-0.4, -0.2) is 34.5 Å². The van der Waals surface area contributed by atoms with Gasteiger partial charge in [-0.3, -0.25) is 9.50 Å². The number of H-pyrrole nitrogens is 2. The van der Waals surface area contributed by atoms with Gasteiger partial charge in [0.15, 0.2) is 5.82 Å². The Morgan fingerprint density at radius 1 is 1.13 bits per heavy atom. The summed E-state index contributed by atoms with van der Waals surface area (Å²) in [6.07, 6.45) is 0.223. The standard InChI is InChI=1S/C13H8F3N7/c14-13(15,16)12-20-11(21-22-12)9-10(7-5-17-6-18-7)23-4-2-1-3-8(23)19-9/h1-6H,(H,17,18)(H,20,21,22). The van der Waals surface area contributed by atoms with Crippen LogP contribution < -0.4 is 0 Å². The zero-order chi connectivity index (χ0) is 16.0. The molecule has 116 valence electrons. The van der Waals surface area contributed by atoms with Gasteiger partial charge >= 0.3 is 6.18 Å². The van der Waals surface area contributed by atoms with E-state index in [4.69, 9.17) is 0 Å². The molecule has 0 spiro atoms. The fraction of sp³-hybridized carbons (Fsp3) is 0.0769. The Hall–Kier alpha value is -3.17. The first-order valence-corrected chi connectivity index (χ1v) is 6.50. The molecule has 4 aromatic rings. The zero-order valence-corrected chi connectivity index (χ0v) is 11.3. The first kappa shape index (κ1) is 13.5. The molecule has 10 heteroatoms. The lowest BCUT2D eigenvalue weighted by molar-refractivity contribution is -0.144. The van der Waals surface area contributed by atoms with Crippen molar-refractivity contribution in [2.45, 2.75) is 6.18 Å². The van der Waals surface area contributed by atoms with Crippen LogP contribution >= 0.6 is 0 Å². The minimum absolute atomic E-state index is 0.0703. The number of hydrogen-bond donors (Lipinski definition) is 2. The van der Waals surface area contributed by atoms with Crippen molar-refractivity contribution in [1.29, 1.82) is 0 Å². The SMILES string of the molecule is FC(F)(F)c1n[nH]c(-c2nc3ccccn3c2-c2c[nH]cn2)n1. The van der Waals surface area contributed by atoms with Gasteiger partial charge in [-0.25, -0.2) is 15.0 Å². The molecule has 0 fully saturated rings. The largest absolute Gasteiger partial charge is 0.453 e. The van der Waals surface area contributed by atoms with Crippen LogP contribution in [-0.2, 0) is 6.18 Å². The van der Waals surface area contributed by atoms with E-state index in [1.165, 1.54) is 6.33 Å². The Balaban J connectivity index is 1.97. The quantitative estimate of drug-likeness (QED) is 0.594. The lowest BCUT2D eigenvalue weighted by Gasteiger charge is -2.00. The van der Waals surface area contributed by atoms with E-state index >= 15 is 0 Å². The third-order valence-electron chi connectivity index (χ3n) is 3.23. The summed E-state index contributed by atoms with van der Waals surface area (Å²) in [4.78, 5) is 14.8. The van der Waals surface area contributed by atoms with Gasteiger partial charge in [0.05, 0.1) is 6.33 Å². The summed E-state index contributed by atoms with van der Waals surface area (Å²) in [7, 11) is 0. The number of nitrogens with one attached hydrogen (secondary N) is 2. The lowest BCUT2D eigenvalue weighted by atomic mass is 10.2. The Morgan fingerprint density at radius 3 is 2.70 bits per heavy atom. The minimum Gasteiger partial charge on any atom is -0.351 e. The topological polar surface area (TPSA) is 87.5 Å². The van der Waals surface area contributed by atoms with Crippen LogP contribution in [0.4, 0.5) is 13.2 Å². The van der Waals surface area contributed by atoms with Crippen molar-refractivity contribution in [2.24, 2.45) is 0 Å². The molecule has 0 saturated heterocycles. The highest BCUT2D eigenvalue weighted by Crippen LogP contribution is 2.32. The normalized spacial score (nSPS) is 12.1. The third-order valence-corrected chi connectivity index (χ3v) is 3.23. The third kappa shape index (κ3) is 2.15. The minimum atomic E-state index is -4.62. The number of halogens is 3. The number of hydrogen-bond acceptors (Lipinski definition) is 4. The van der Waals surface area contributed by atoms with Crippen LogP contribution in [0.2, 0.25) is 0 Å². The van der Waals surface area contributed by atoms with Crippen LogP contribution in [0.15, 0.2) is 36.9 Å². The highest BCUT2D eigenvalue weighted by molar-refractivity contribution is 5.77. The predicted molar refractivity (Wildman–Crippen MR) is 73.2 cm³/mol. The van der Waals surface area contributed by atoms with Crippen LogP contribution in [0.1, 0.15) is 5.82 Å². The maximum Gasteiger partial charge on any atom is 0.453 e.